The van der Waals surface area contributed by atoms with Gasteiger partial charge < -0.3 is 14.6 Å². The molecule has 2 rings (SSSR count). The van der Waals surface area contributed by atoms with E-state index in [1.54, 1.807) is 0 Å². The Bertz CT molecular complexity index is 726. The summed E-state index contributed by atoms with van der Waals surface area (Å²) >= 11 is 0. The molecular formula is C19H21NO5. The van der Waals surface area contributed by atoms with Gasteiger partial charge in [-0.15, -0.1) is 0 Å². The van der Waals surface area contributed by atoms with Gasteiger partial charge in [-0.25, -0.2) is 14.6 Å². The fourth-order valence-electron chi connectivity index (χ4n) is 2.24. The van der Waals surface area contributed by atoms with Crippen LogP contribution in [0.5, 0.6) is 5.75 Å². The number of carbonyl (C=O) groups excluding carboxylic acids is 1. The van der Waals surface area contributed by atoms with Gasteiger partial charge >= 0.3 is 11.9 Å². The highest BCUT2D eigenvalue weighted by atomic mass is 16.5. The van der Waals surface area contributed by atoms with E-state index in [1.807, 2.05) is 44.2 Å². The number of aromatic carboxylic acids is 1. The Morgan fingerprint density at radius 1 is 1.16 bits per heavy atom. The highest BCUT2D eigenvalue weighted by Crippen LogP contribution is 2.21. The van der Waals surface area contributed by atoms with Gasteiger partial charge in [0.2, 0.25) is 0 Å². The van der Waals surface area contributed by atoms with Crippen LogP contribution in [0.25, 0.3) is 0 Å². The van der Waals surface area contributed by atoms with Crippen LogP contribution in [0.4, 0.5) is 0 Å². The molecule has 0 aliphatic heterocycles. The first kappa shape index (κ1) is 18.4. The zero-order valence-electron chi connectivity index (χ0n) is 14.3. The number of esters is 1. The van der Waals surface area contributed by atoms with E-state index < -0.39 is 11.9 Å². The second-order valence-corrected chi connectivity index (χ2v) is 5.49. The SMILES string of the molecule is CCC(CC)OC(=O)c1cnc(C(=O)O)c(OCc2ccccc2)c1. The number of carboxylic acids is 1. The third-order valence-corrected chi connectivity index (χ3v) is 3.71. The van der Waals surface area contributed by atoms with Gasteiger partial charge in [-0.05, 0) is 24.5 Å². The van der Waals surface area contributed by atoms with Crippen molar-refractivity contribution >= 4 is 11.9 Å². The Morgan fingerprint density at radius 2 is 1.84 bits per heavy atom. The summed E-state index contributed by atoms with van der Waals surface area (Å²) in [6, 6.07) is 10.7. The topological polar surface area (TPSA) is 85.7 Å². The number of benzene rings is 1. The maximum absolute atomic E-state index is 12.2. The largest absolute Gasteiger partial charge is 0.486 e. The average Bonchev–Trinajstić information content (AvgIpc) is 2.64. The lowest BCUT2D eigenvalue weighted by Gasteiger charge is -2.15. The van der Waals surface area contributed by atoms with Gasteiger partial charge in [0.05, 0.1) is 5.56 Å². The Labute approximate surface area is 146 Å². The van der Waals surface area contributed by atoms with Crippen LogP contribution in [0.1, 0.15) is 53.1 Å². The van der Waals surface area contributed by atoms with Gasteiger partial charge in [-0.3, -0.25) is 0 Å². The summed E-state index contributed by atoms with van der Waals surface area (Å²) < 4.78 is 11.0. The van der Waals surface area contributed by atoms with Gasteiger partial charge in [0.25, 0.3) is 0 Å². The van der Waals surface area contributed by atoms with Crippen LogP contribution in [0, 0.1) is 0 Å². The quantitative estimate of drug-likeness (QED) is 0.736. The molecule has 1 heterocycles. The van der Waals surface area contributed by atoms with Crippen LogP contribution in [-0.2, 0) is 11.3 Å². The van der Waals surface area contributed by atoms with Crippen LogP contribution in [-0.4, -0.2) is 28.1 Å². The van der Waals surface area contributed by atoms with E-state index in [4.69, 9.17) is 9.47 Å². The number of carboxylic acid groups (broad SMARTS) is 1. The summed E-state index contributed by atoms with van der Waals surface area (Å²) in [5.74, 6) is -1.72. The number of nitrogens with zero attached hydrogens (tertiary/aromatic N) is 1. The van der Waals surface area contributed by atoms with E-state index in [-0.39, 0.29) is 29.7 Å². The van der Waals surface area contributed by atoms with Crippen LogP contribution in [0.3, 0.4) is 0 Å². The number of hydrogen-bond acceptors (Lipinski definition) is 5. The minimum atomic E-state index is -1.22. The van der Waals surface area contributed by atoms with Gasteiger partial charge in [-0.1, -0.05) is 44.2 Å². The van der Waals surface area contributed by atoms with Gasteiger partial charge in [-0.2, -0.15) is 0 Å². The van der Waals surface area contributed by atoms with E-state index in [9.17, 15) is 14.7 Å². The Kier molecular flexibility index (Phi) is 6.51. The summed E-state index contributed by atoms with van der Waals surface area (Å²) in [6.45, 7) is 4.04. The molecule has 132 valence electrons. The summed E-state index contributed by atoms with van der Waals surface area (Å²) in [4.78, 5) is 27.4. The fourth-order valence-corrected chi connectivity index (χ4v) is 2.24. The molecule has 25 heavy (non-hydrogen) atoms. The van der Waals surface area contributed by atoms with Crippen molar-refractivity contribution in [3.63, 3.8) is 0 Å². The monoisotopic (exact) mass is 343 g/mol. The van der Waals surface area contributed by atoms with Crippen molar-refractivity contribution in [2.75, 3.05) is 0 Å². The molecule has 1 aromatic carbocycles. The third-order valence-electron chi connectivity index (χ3n) is 3.71. The molecule has 0 unspecified atom stereocenters. The molecule has 6 heteroatoms. The highest BCUT2D eigenvalue weighted by Gasteiger charge is 2.19. The van der Waals surface area contributed by atoms with Gasteiger partial charge in [0.1, 0.15) is 12.7 Å². The minimum absolute atomic E-state index is 0.0374. The zero-order valence-corrected chi connectivity index (χ0v) is 14.3. The number of ether oxygens (including phenoxy) is 2. The Hall–Kier alpha value is -2.89. The molecule has 0 radical (unpaired) electrons. The molecule has 0 atom stereocenters. The lowest BCUT2D eigenvalue weighted by molar-refractivity contribution is 0.0282. The molecule has 6 nitrogen and oxygen atoms in total. The van der Waals surface area contributed by atoms with Crippen LogP contribution >= 0.6 is 0 Å². The first-order valence-corrected chi connectivity index (χ1v) is 8.16. The summed E-state index contributed by atoms with van der Waals surface area (Å²) in [6.07, 6.45) is 2.43. The normalized spacial score (nSPS) is 10.5. The number of pyridine rings is 1. The Morgan fingerprint density at radius 3 is 2.44 bits per heavy atom. The molecule has 0 amide bonds. The van der Waals surface area contributed by atoms with E-state index in [0.717, 1.165) is 5.56 Å². The molecule has 0 bridgehead atoms. The first-order chi connectivity index (χ1) is 12.0. The molecule has 0 saturated carbocycles. The van der Waals surface area contributed by atoms with Crippen LogP contribution < -0.4 is 4.74 Å². The maximum Gasteiger partial charge on any atom is 0.358 e. The highest BCUT2D eigenvalue weighted by molar-refractivity contribution is 5.93. The number of rotatable bonds is 8. The number of aromatic nitrogens is 1. The standard InChI is InChI=1S/C19H21NO5/c1-3-15(4-2)25-19(23)14-10-16(17(18(21)22)20-11-14)24-12-13-8-6-5-7-9-13/h5-11,15H,3-4,12H2,1-2H3,(H,21,22). The van der Waals surface area contributed by atoms with Gasteiger partial charge in [0, 0.05) is 6.20 Å². The first-order valence-electron chi connectivity index (χ1n) is 8.16. The summed E-state index contributed by atoms with van der Waals surface area (Å²) in [5, 5.41) is 9.26. The molecule has 0 aliphatic rings. The van der Waals surface area contributed by atoms with Crippen molar-refractivity contribution in [3.05, 3.63) is 59.4 Å². The molecule has 0 fully saturated rings. The molecular weight excluding hydrogens is 322 g/mol. The number of hydrogen-bond donors (Lipinski definition) is 1. The van der Waals surface area contributed by atoms with Crippen LogP contribution in [0.15, 0.2) is 42.6 Å². The molecule has 2 aromatic rings. The van der Waals surface area contributed by atoms with Crippen molar-refractivity contribution in [3.8, 4) is 5.75 Å². The second-order valence-electron chi connectivity index (χ2n) is 5.49. The predicted molar refractivity (Wildman–Crippen MR) is 91.8 cm³/mol. The molecule has 1 N–H and O–H groups in total. The summed E-state index contributed by atoms with van der Waals surface area (Å²) in [5.41, 5.74) is 0.804. The van der Waals surface area contributed by atoms with Crippen molar-refractivity contribution < 1.29 is 24.2 Å². The van der Waals surface area contributed by atoms with E-state index in [0.29, 0.717) is 12.8 Å². The minimum Gasteiger partial charge on any atom is -0.486 e. The molecule has 0 spiro atoms. The smallest absolute Gasteiger partial charge is 0.358 e. The van der Waals surface area contributed by atoms with Crippen molar-refractivity contribution in [2.24, 2.45) is 0 Å². The lowest BCUT2D eigenvalue weighted by Crippen LogP contribution is -2.17. The molecule has 0 saturated heterocycles. The van der Waals surface area contributed by atoms with Crippen molar-refractivity contribution in [2.45, 2.75) is 39.4 Å². The van der Waals surface area contributed by atoms with Crippen molar-refractivity contribution in [1.82, 2.24) is 4.98 Å². The molecule has 1 aromatic heterocycles. The van der Waals surface area contributed by atoms with Crippen LogP contribution in [0.2, 0.25) is 0 Å². The average molecular weight is 343 g/mol. The van der Waals surface area contributed by atoms with E-state index in [2.05, 4.69) is 4.98 Å². The maximum atomic E-state index is 12.2. The Balaban J connectivity index is 2.20. The number of carbonyl (C=O) groups is 2. The molecule has 0 aliphatic carbocycles. The second kappa shape index (κ2) is 8.82. The van der Waals surface area contributed by atoms with Gasteiger partial charge in [0.15, 0.2) is 11.4 Å². The lowest BCUT2D eigenvalue weighted by atomic mass is 10.2. The zero-order chi connectivity index (χ0) is 18.2. The predicted octanol–water partition coefficient (Wildman–Crippen LogP) is 3.70. The summed E-state index contributed by atoms with van der Waals surface area (Å²) in [7, 11) is 0. The fraction of sp³-hybridized carbons (Fsp3) is 0.316. The van der Waals surface area contributed by atoms with Crippen molar-refractivity contribution in [1.29, 1.82) is 0 Å². The van der Waals surface area contributed by atoms with E-state index >= 15 is 0 Å². The van der Waals surface area contributed by atoms with E-state index in [1.165, 1.54) is 12.3 Å². The third kappa shape index (κ3) is 5.04.